The number of carbonyl (C=O) groups excluding carboxylic acids is 2. The van der Waals surface area contributed by atoms with Crippen LogP contribution in [0, 0.1) is 17.3 Å². The summed E-state index contributed by atoms with van der Waals surface area (Å²) in [6.45, 7) is 3.72. The molecule has 5 heteroatoms. The third kappa shape index (κ3) is 4.35. The molecule has 2 saturated carbocycles. The molecule has 0 heterocycles. The van der Waals surface area contributed by atoms with E-state index in [2.05, 4.69) is 13.0 Å². The first kappa shape index (κ1) is 21.8. The smallest absolute Gasteiger partial charge is 0.229 e. The van der Waals surface area contributed by atoms with Gasteiger partial charge in [-0.05, 0) is 91.9 Å². The molecule has 160 valence electrons. The summed E-state index contributed by atoms with van der Waals surface area (Å²) in [6.07, 6.45) is 6.80. The van der Waals surface area contributed by atoms with E-state index < -0.39 is 0 Å². The number of nitrogens with zero attached hydrogens (tertiary/aromatic N) is 1. The van der Waals surface area contributed by atoms with Crippen LogP contribution in [-0.4, -0.2) is 47.0 Å². The van der Waals surface area contributed by atoms with Gasteiger partial charge in [0.25, 0.3) is 0 Å². The zero-order valence-electron chi connectivity index (χ0n) is 18.1. The van der Waals surface area contributed by atoms with Crippen molar-refractivity contribution >= 4 is 11.7 Å². The van der Waals surface area contributed by atoms with E-state index in [1.165, 1.54) is 42.2 Å². The predicted molar refractivity (Wildman–Crippen MR) is 113 cm³/mol. The van der Waals surface area contributed by atoms with Crippen LogP contribution in [-0.2, 0) is 16.0 Å². The summed E-state index contributed by atoms with van der Waals surface area (Å²) >= 11 is 0. The largest absolute Gasteiger partial charge is 0.508 e. The number of ketones is 1. The number of fused-ring (bicyclic) bond motifs is 5. The van der Waals surface area contributed by atoms with Crippen LogP contribution in [0.4, 0.5) is 0 Å². The third-order valence-electron chi connectivity index (χ3n) is 7.56. The van der Waals surface area contributed by atoms with Gasteiger partial charge in [0.2, 0.25) is 5.91 Å². The summed E-state index contributed by atoms with van der Waals surface area (Å²) < 4.78 is 0. The fraction of sp³-hybridized carbons (Fsp3) is 0.667. The number of rotatable bonds is 2. The van der Waals surface area contributed by atoms with Crippen LogP contribution in [0.3, 0.4) is 0 Å². The van der Waals surface area contributed by atoms with Crippen LogP contribution in [0.1, 0.15) is 69.4 Å². The molecule has 3 aliphatic rings. The number of carbonyl (C=O) groups is 2. The average Bonchev–Trinajstić information content (AvgIpc) is 2.96. The minimum atomic E-state index is -0.137. The SMILES string of the molecule is CC(=O)CC(=O)N(C)C.C[C@]12CC[C@@H]3c4ccc(O)cc4CC[C@H]3[C@@H]1CC[C@@H]2O. The predicted octanol–water partition coefficient (Wildman–Crippen LogP) is 3.66. The van der Waals surface area contributed by atoms with Gasteiger partial charge >= 0.3 is 0 Å². The first-order valence-corrected chi connectivity index (χ1v) is 10.8. The van der Waals surface area contributed by atoms with Crippen molar-refractivity contribution < 1.29 is 19.8 Å². The topological polar surface area (TPSA) is 77.8 Å². The second kappa shape index (κ2) is 8.47. The van der Waals surface area contributed by atoms with Crippen molar-refractivity contribution in [3.8, 4) is 5.75 Å². The van der Waals surface area contributed by atoms with Gasteiger partial charge in [0, 0.05) is 14.1 Å². The van der Waals surface area contributed by atoms with E-state index >= 15 is 0 Å². The summed E-state index contributed by atoms with van der Waals surface area (Å²) in [5, 5.41) is 20.0. The minimum Gasteiger partial charge on any atom is -0.508 e. The molecule has 1 aromatic carbocycles. The third-order valence-corrected chi connectivity index (χ3v) is 7.56. The highest BCUT2D eigenvalue weighted by Gasteiger charge is 2.54. The Morgan fingerprint density at radius 2 is 1.90 bits per heavy atom. The summed E-state index contributed by atoms with van der Waals surface area (Å²) in [4.78, 5) is 22.4. The molecule has 29 heavy (non-hydrogen) atoms. The molecule has 5 atom stereocenters. The lowest BCUT2D eigenvalue weighted by atomic mass is 9.55. The fourth-order valence-electron chi connectivity index (χ4n) is 5.91. The molecule has 2 N–H and O–H groups in total. The second-order valence-electron chi connectivity index (χ2n) is 9.60. The first-order valence-electron chi connectivity index (χ1n) is 10.8. The minimum absolute atomic E-state index is 0.0208. The van der Waals surface area contributed by atoms with Crippen molar-refractivity contribution in [3.05, 3.63) is 29.3 Å². The molecule has 0 saturated heterocycles. The van der Waals surface area contributed by atoms with Crippen molar-refractivity contribution in [2.45, 2.75) is 70.8 Å². The zero-order chi connectivity index (χ0) is 21.3. The van der Waals surface area contributed by atoms with E-state index in [9.17, 15) is 19.8 Å². The Morgan fingerprint density at radius 3 is 2.52 bits per heavy atom. The fourth-order valence-corrected chi connectivity index (χ4v) is 5.91. The molecule has 0 aromatic heterocycles. The number of Topliss-reactive ketones (excluding diaryl/α,β-unsaturated/α-hetero) is 1. The highest BCUT2D eigenvalue weighted by molar-refractivity contribution is 5.96. The van der Waals surface area contributed by atoms with E-state index in [0.29, 0.717) is 17.6 Å². The van der Waals surface area contributed by atoms with Crippen LogP contribution in [0.15, 0.2) is 18.2 Å². The molecule has 0 aliphatic heterocycles. The van der Waals surface area contributed by atoms with Crippen molar-refractivity contribution in [2.24, 2.45) is 17.3 Å². The quantitative estimate of drug-likeness (QED) is 0.742. The molecule has 0 unspecified atom stereocenters. The van der Waals surface area contributed by atoms with Gasteiger partial charge in [-0.15, -0.1) is 0 Å². The number of phenolic OH excluding ortho intramolecular Hbond substituents is 1. The number of hydrogen-bond donors (Lipinski definition) is 2. The van der Waals surface area contributed by atoms with Crippen molar-refractivity contribution in [2.75, 3.05) is 14.1 Å². The van der Waals surface area contributed by atoms with Crippen molar-refractivity contribution in [3.63, 3.8) is 0 Å². The molecular formula is C24H35NO4. The lowest BCUT2D eigenvalue weighted by Crippen LogP contribution is -2.43. The van der Waals surface area contributed by atoms with Crippen LogP contribution < -0.4 is 0 Å². The van der Waals surface area contributed by atoms with Gasteiger partial charge in [0.05, 0.1) is 12.5 Å². The number of hydrogen-bond acceptors (Lipinski definition) is 4. The normalized spacial score (nSPS) is 32.2. The Hall–Kier alpha value is -1.88. The Bertz CT molecular complexity index is 774. The van der Waals surface area contributed by atoms with Crippen LogP contribution >= 0.6 is 0 Å². The molecule has 0 bridgehead atoms. The summed E-state index contributed by atoms with van der Waals surface area (Å²) in [7, 11) is 3.26. The maximum Gasteiger partial charge on any atom is 0.229 e. The number of aliphatic hydroxyl groups excluding tert-OH is 1. The molecule has 0 spiro atoms. The number of benzene rings is 1. The van der Waals surface area contributed by atoms with Gasteiger partial charge in [0.1, 0.15) is 11.5 Å². The average molecular weight is 402 g/mol. The number of phenols is 1. The summed E-state index contributed by atoms with van der Waals surface area (Å²) in [6, 6.07) is 5.96. The molecule has 1 amide bonds. The molecule has 1 aromatic rings. The van der Waals surface area contributed by atoms with Crippen LogP contribution in [0.5, 0.6) is 5.75 Å². The number of aliphatic hydroxyl groups is 1. The Morgan fingerprint density at radius 1 is 1.17 bits per heavy atom. The van der Waals surface area contributed by atoms with E-state index in [4.69, 9.17) is 0 Å². The van der Waals surface area contributed by atoms with Crippen LogP contribution in [0.25, 0.3) is 0 Å². The van der Waals surface area contributed by atoms with Gasteiger partial charge in [-0.2, -0.15) is 0 Å². The Kier molecular flexibility index (Phi) is 6.37. The monoisotopic (exact) mass is 401 g/mol. The Labute approximate surface area is 174 Å². The van der Waals surface area contributed by atoms with Gasteiger partial charge in [-0.1, -0.05) is 13.0 Å². The van der Waals surface area contributed by atoms with Crippen molar-refractivity contribution in [1.29, 1.82) is 0 Å². The Balaban J connectivity index is 0.000000229. The maximum atomic E-state index is 10.7. The molecule has 0 radical (unpaired) electrons. The van der Waals surface area contributed by atoms with Crippen molar-refractivity contribution in [1.82, 2.24) is 4.90 Å². The highest BCUT2D eigenvalue weighted by Crippen LogP contribution is 2.60. The zero-order valence-corrected chi connectivity index (χ0v) is 18.1. The lowest BCUT2D eigenvalue weighted by molar-refractivity contribution is -0.132. The maximum absolute atomic E-state index is 10.7. The standard InChI is InChI=1S/C18H24O2.C6H11NO2/c1-18-9-8-14-13-5-3-12(19)10-11(13)2-4-15(14)16(18)6-7-17(18)20;1-5(8)4-6(9)7(2)3/h3,5,10,14-17,19-20H,2,4,6-9H2,1H3;4H2,1-3H3/t14-,15-,16+,17+,18+;/m1./s1. The number of aromatic hydroxyl groups is 1. The van der Waals surface area contributed by atoms with Gasteiger partial charge < -0.3 is 15.1 Å². The number of aryl methyl sites for hydroxylation is 1. The van der Waals surface area contributed by atoms with E-state index in [-0.39, 0.29) is 29.6 Å². The molecule has 5 nitrogen and oxygen atoms in total. The summed E-state index contributed by atoms with van der Waals surface area (Å²) in [5.41, 5.74) is 2.99. The molecular weight excluding hydrogens is 366 g/mol. The lowest BCUT2D eigenvalue weighted by Gasteiger charge is -2.50. The van der Waals surface area contributed by atoms with E-state index in [1.54, 1.807) is 14.1 Å². The first-order chi connectivity index (χ1) is 13.6. The van der Waals surface area contributed by atoms with Crippen LogP contribution in [0.2, 0.25) is 0 Å². The van der Waals surface area contributed by atoms with Gasteiger partial charge in [-0.25, -0.2) is 0 Å². The van der Waals surface area contributed by atoms with E-state index in [1.807, 2.05) is 12.1 Å². The van der Waals surface area contributed by atoms with E-state index in [0.717, 1.165) is 25.2 Å². The highest BCUT2D eigenvalue weighted by atomic mass is 16.3. The summed E-state index contributed by atoms with van der Waals surface area (Å²) in [5.74, 6) is 2.26. The molecule has 3 aliphatic carbocycles. The van der Waals surface area contributed by atoms with Gasteiger partial charge in [0.15, 0.2) is 0 Å². The second-order valence-corrected chi connectivity index (χ2v) is 9.60. The molecule has 2 fully saturated rings. The van der Waals surface area contributed by atoms with Gasteiger partial charge in [-0.3, -0.25) is 9.59 Å². The number of amides is 1. The molecule has 4 rings (SSSR count).